The highest BCUT2D eigenvalue weighted by atomic mass is 16.5. The number of nitrogens with one attached hydrogen (secondary N) is 2. The van der Waals surface area contributed by atoms with E-state index in [0.29, 0.717) is 16.9 Å². The van der Waals surface area contributed by atoms with Gasteiger partial charge in [-0.25, -0.2) is 4.79 Å². The second-order valence-corrected chi connectivity index (χ2v) is 4.42. The first-order valence-electron chi connectivity index (χ1n) is 5.26. The SMILES string of the molecule is COC(=O)c1cccc2c1NC(C)(C)C(=O)N2. The van der Waals surface area contributed by atoms with Crippen LogP contribution in [0.3, 0.4) is 0 Å². The van der Waals surface area contributed by atoms with Gasteiger partial charge < -0.3 is 15.4 Å². The Bertz CT molecular complexity index is 495. The van der Waals surface area contributed by atoms with Gasteiger partial charge >= 0.3 is 5.97 Å². The van der Waals surface area contributed by atoms with Crippen molar-refractivity contribution in [2.45, 2.75) is 19.4 Å². The number of fused-ring (bicyclic) bond motifs is 1. The minimum absolute atomic E-state index is 0.132. The van der Waals surface area contributed by atoms with E-state index in [1.807, 2.05) is 0 Å². The number of carbonyl (C=O) groups is 2. The molecule has 90 valence electrons. The molecule has 0 aliphatic carbocycles. The second-order valence-electron chi connectivity index (χ2n) is 4.42. The lowest BCUT2D eigenvalue weighted by atomic mass is 9.98. The van der Waals surface area contributed by atoms with E-state index in [-0.39, 0.29) is 5.91 Å². The van der Waals surface area contributed by atoms with Gasteiger partial charge in [0.15, 0.2) is 0 Å². The molecule has 0 fully saturated rings. The first-order chi connectivity index (χ1) is 7.95. The zero-order chi connectivity index (χ0) is 12.6. The number of hydrogen-bond donors (Lipinski definition) is 2. The van der Waals surface area contributed by atoms with Gasteiger partial charge in [-0.15, -0.1) is 0 Å². The van der Waals surface area contributed by atoms with Crippen LogP contribution in [0.2, 0.25) is 0 Å². The van der Waals surface area contributed by atoms with E-state index in [1.165, 1.54) is 7.11 Å². The summed E-state index contributed by atoms with van der Waals surface area (Å²) in [5.41, 5.74) is 0.858. The summed E-state index contributed by atoms with van der Waals surface area (Å²) in [6, 6.07) is 5.10. The Morgan fingerprint density at radius 2 is 2.06 bits per heavy atom. The molecule has 0 spiro atoms. The number of hydrogen-bond acceptors (Lipinski definition) is 4. The molecular weight excluding hydrogens is 220 g/mol. The summed E-state index contributed by atoms with van der Waals surface area (Å²) in [5.74, 6) is -0.562. The van der Waals surface area contributed by atoms with Gasteiger partial charge in [0.05, 0.1) is 24.0 Å². The maximum Gasteiger partial charge on any atom is 0.340 e. The smallest absolute Gasteiger partial charge is 0.340 e. The fourth-order valence-electron chi connectivity index (χ4n) is 1.72. The number of benzene rings is 1. The molecular formula is C12H14N2O3. The van der Waals surface area contributed by atoms with E-state index < -0.39 is 11.5 Å². The minimum atomic E-state index is -0.753. The van der Waals surface area contributed by atoms with Crippen LogP contribution in [0.15, 0.2) is 18.2 Å². The zero-order valence-corrected chi connectivity index (χ0v) is 9.96. The molecule has 2 N–H and O–H groups in total. The van der Waals surface area contributed by atoms with Crippen molar-refractivity contribution in [3.8, 4) is 0 Å². The summed E-state index contributed by atoms with van der Waals surface area (Å²) in [6.45, 7) is 3.50. The second kappa shape index (κ2) is 3.76. The zero-order valence-electron chi connectivity index (χ0n) is 9.96. The lowest BCUT2D eigenvalue weighted by Gasteiger charge is -2.33. The molecule has 1 aromatic carbocycles. The molecule has 1 aromatic rings. The molecule has 5 nitrogen and oxygen atoms in total. The standard InChI is InChI=1S/C12H14N2O3/c1-12(2)11(16)13-8-6-4-5-7(9(8)14-12)10(15)17-3/h4-6,14H,1-3H3,(H,13,16). The molecule has 5 heteroatoms. The van der Waals surface area contributed by atoms with Crippen molar-refractivity contribution in [3.63, 3.8) is 0 Å². The predicted octanol–water partition coefficient (Wildman–Crippen LogP) is 1.62. The molecule has 1 amide bonds. The van der Waals surface area contributed by atoms with Crippen LogP contribution in [0.5, 0.6) is 0 Å². The molecule has 17 heavy (non-hydrogen) atoms. The quantitative estimate of drug-likeness (QED) is 0.724. The average molecular weight is 234 g/mol. The Hall–Kier alpha value is -2.04. The van der Waals surface area contributed by atoms with Crippen LogP contribution >= 0.6 is 0 Å². The van der Waals surface area contributed by atoms with E-state index in [0.717, 1.165) is 0 Å². The van der Waals surface area contributed by atoms with Crippen LogP contribution in [0, 0.1) is 0 Å². The van der Waals surface area contributed by atoms with Crippen molar-refractivity contribution in [3.05, 3.63) is 23.8 Å². The van der Waals surface area contributed by atoms with Crippen molar-refractivity contribution in [1.82, 2.24) is 0 Å². The van der Waals surface area contributed by atoms with Crippen LogP contribution in [0.25, 0.3) is 0 Å². The molecule has 1 aliphatic heterocycles. The predicted molar refractivity (Wildman–Crippen MR) is 64.1 cm³/mol. The summed E-state index contributed by atoms with van der Waals surface area (Å²) < 4.78 is 4.71. The average Bonchev–Trinajstić information content (AvgIpc) is 2.28. The van der Waals surface area contributed by atoms with Crippen molar-refractivity contribution in [1.29, 1.82) is 0 Å². The number of carbonyl (C=O) groups excluding carboxylic acids is 2. The minimum Gasteiger partial charge on any atom is -0.465 e. The highest BCUT2D eigenvalue weighted by Gasteiger charge is 2.34. The molecule has 0 saturated heterocycles. The summed E-state index contributed by atoms with van der Waals surface area (Å²) in [7, 11) is 1.33. The molecule has 0 bridgehead atoms. The van der Waals surface area contributed by atoms with Crippen molar-refractivity contribution in [2.24, 2.45) is 0 Å². The Labute approximate surface area is 99.2 Å². The lowest BCUT2D eigenvalue weighted by Crippen LogP contribution is -2.48. The number of anilines is 2. The summed E-state index contributed by atoms with van der Waals surface area (Å²) in [5, 5.41) is 5.82. The molecule has 0 saturated carbocycles. The Balaban J connectivity index is 2.52. The number of esters is 1. The first-order valence-corrected chi connectivity index (χ1v) is 5.26. The molecule has 0 unspecified atom stereocenters. The van der Waals surface area contributed by atoms with Crippen LogP contribution < -0.4 is 10.6 Å². The van der Waals surface area contributed by atoms with Gasteiger partial charge in [-0.3, -0.25) is 4.79 Å². The Morgan fingerprint density at radius 3 is 2.71 bits per heavy atom. The van der Waals surface area contributed by atoms with Gasteiger partial charge in [0.2, 0.25) is 5.91 Å². The molecule has 1 heterocycles. The fraction of sp³-hybridized carbons (Fsp3) is 0.333. The maximum atomic E-state index is 11.7. The largest absolute Gasteiger partial charge is 0.465 e. The third-order valence-corrected chi connectivity index (χ3v) is 2.72. The van der Waals surface area contributed by atoms with E-state index >= 15 is 0 Å². The Kier molecular flexibility index (Phi) is 2.53. The number of para-hydroxylation sites is 1. The highest BCUT2D eigenvalue weighted by Crippen LogP contribution is 2.33. The number of rotatable bonds is 1. The number of methoxy groups -OCH3 is 1. The molecule has 1 aliphatic rings. The van der Waals surface area contributed by atoms with Gasteiger partial charge in [-0.2, -0.15) is 0 Å². The van der Waals surface area contributed by atoms with Crippen LogP contribution in [-0.2, 0) is 9.53 Å². The molecule has 2 rings (SSSR count). The highest BCUT2D eigenvalue weighted by molar-refractivity contribution is 6.10. The van der Waals surface area contributed by atoms with Gasteiger partial charge in [0.1, 0.15) is 5.54 Å². The maximum absolute atomic E-state index is 11.7. The van der Waals surface area contributed by atoms with Gasteiger partial charge in [-0.05, 0) is 26.0 Å². The van der Waals surface area contributed by atoms with Gasteiger partial charge in [-0.1, -0.05) is 6.07 Å². The third kappa shape index (κ3) is 1.84. The number of ether oxygens (including phenoxy) is 1. The van der Waals surface area contributed by atoms with Crippen LogP contribution in [0.4, 0.5) is 11.4 Å². The fourth-order valence-corrected chi connectivity index (χ4v) is 1.72. The Morgan fingerprint density at radius 1 is 1.35 bits per heavy atom. The van der Waals surface area contributed by atoms with Gasteiger partial charge in [0.25, 0.3) is 0 Å². The van der Waals surface area contributed by atoms with Crippen molar-refractivity contribution >= 4 is 23.3 Å². The van der Waals surface area contributed by atoms with E-state index in [2.05, 4.69) is 10.6 Å². The van der Waals surface area contributed by atoms with E-state index in [1.54, 1.807) is 32.0 Å². The number of amides is 1. The summed E-state index contributed by atoms with van der Waals surface area (Å²) in [4.78, 5) is 23.3. The van der Waals surface area contributed by atoms with Crippen molar-refractivity contribution in [2.75, 3.05) is 17.7 Å². The topological polar surface area (TPSA) is 67.4 Å². The normalized spacial score (nSPS) is 16.5. The summed E-state index contributed by atoms with van der Waals surface area (Å²) in [6.07, 6.45) is 0. The first kappa shape index (κ1) is 11.4. The third-order valence-electron chi connectivity index (χ3n) is 2.72. The van der Waals surface area contributed by atoms with Crippen LogP contribution in [-0.4, -0.2) is 24.5 Å². The van der Waals surface area contributed by atoms with Crippen molar-refractivity contribution < 1.29 is 14.3 Å². The van der Waals surface area contributed by atoms with Crippen LogP contribution in [0.1, 0.15) is 24.2 Å². The van der Waals surface area contributed by atoms with E-state index in [4.69, 9.17) is 4.74 Å². The summed E-state index contributed by atoms with van der Waals surface area (Å²) >= 11 is 0. The lowest BCUT2D eigenvalue weighted by molar-refractivity contribution is -0.119. The van der Waals surface area contributed by atoms with E-state index in [9.17, 15) is 9.59 Å². The van der Waals surface area contributed by atoms with Gasteiger partial charge in [0, 0.05) is 0 Å². The monoisotopic (exact) mass is 234 g/mol. The molecule has 0 aromatic heterocycles. The molecule has 0 atom stereocenters. The molecule has 0 radical (unpaired) electrons.